The lowest BCUT2D eigenvalue weighted by Crippen LogP contribution is -2.11. The number of para-hydroxylation sites is 1. The normalized spacial score (nSPS) is 11.3. The molecule has 1 heterocycles. The van der Waals surface area contributed by atoms with Crippen LogP contribution < -0.4 is 10.5 Å². The number of rotatable bonds is 6. The van der Waals surface area contributed by atoms with Gasteiger partial charge in [0.25, 0.3) is 0 Å². The van der Waals surface area contributed by atoms with Crippen molar-refractivity contribution in [1.29, 1.82) is 0 Å². The van der Waals surface area contributed by atoms with E-state index in [9.17, 15) is 0 Å². The van der Waals surface area contributed by atoms with Gasteiger partial charge in [0.2, 0.25) is 0 Å². The molecule has 0 saturated heterocycles. The molecule has 0 atom stereocenters. The summed E-state index contributed by atoms with van der Waals surface area (Å²) < 4.78 is 11.6. The van der Waals surface area contributed by atoms with Gasteiger partial charge in [-0.2, -0.15) is 0 Å². The maximum Gasteiger partial charge on any atom is 0.169 e. The maximum atomic E-state index is 5.95. The summed E-state index contributed by atoms with van der Waals surface area (Å²) >= 11 is 0. The number of hydrogen-bond acceptors (Lipinski definition) is 3. The Balaban J connectivity index is 2.25. The van der Waals surface area contributed by atoms with Crippen LogP contribution in [0.15, 0.2) is 28.7 Å². The van der Waals surface area contributed by atoms with E-state index in [1.54, 1.807) is 0 Å². The minimum Gasteiger partial charge on any atom is -0.489 e. The van der Waals surface area contributed by atoms with Crippen molar-refractivity contribution in [2.45, 2.75) is 33.2 Å². The summed E-state index contributed by atoms with van der Waals surface area (Å²) in [5.74, 6) is 2.14. The first kappa shape index (κ1) is 13.0. The Morgan fingerprint density at radius 2 is 1.94 bits per heavy atom. The molecule has 1 aromatic carbocycles. The van der Waals surface area contributed by atoms with Crippen molar-refractivity contribution in [3.05, 3.63) is 30.0 Å². The Morgan fingerprint density at radius 1 is 1.22 bits per heavy atom. The van der Waals surface area contributed by atoms with E-state index in [0.717, 1.165) is 41.9 Å². The molecule has 0 aliphatic heterocycles. The smallest absolute Gasteiger partial charge is 0.169 e. The van der Waals surface area contributed by atoms with Gasteiger partial charge in [-0.05, 0) is 18.1 Å². The molecule has 0 radical (unpaired) electrons. The summed E-state index contributed by atoms with van der Waals surface area (Å²) in [6.45, 7) is 5.47. The van der Waals surface area contributed by atoms with Gasteiger partial charge in [0.15, 0.2) is 11.5 Å². The standard InChI is InChI=1S/C15H21NO2/c1-3-11(4-2)10-17-15-12-7-5-6-8-13(12)18-14(15)9-16/h5-8,11H,3-4,9-10,16H2,1-2H3. The molecule has 0 aliphatic rings. The monoisotopic (exact) mass is 247 g/mol. The van der Waals surface area contributed by atoms with Gasteiger partial charge in [0.05, 0.1) is 18.5 Å². The largest absolute Gasteiger partial charge is 0.489 e. The molecule has 2 rings (SSSR count). The van der Waals surface area contributed by atoms with E-state index in [4.69, 9.17) is 14.9 Å². The third-order valence-electron chi connectivity index (χ3n) is 3.42. The quantitative estimate of drug-likeness (QED) is 0.846. The topological polar surface area (TPSA) is 48.4 Å². The van der Waals surface area contributed by atoms with Crippen LogP contribution in [0, 0.1) is 5.92 Å². The average Bonchev–Trinajstić information content (AvgIpc) is 2.78. The first-order valence-electron chi connectivity index (χ1n) is 6.63. The molecule has 0 fully saturated rings. The van der Waals surface area contributed by atoms with Crippen molar-refractivity contribution in [3.63, 3.8) is 0 Å². The number of hydrogen-bond donors (Lipinski definition) is 1. The zero-order chi connectivity index (χ0) is 13.0. The highest BCUT2D eigenvalue weighted by Crippen LogP contribution is 2.33. The minimum absolute atomic E-state index is 0.368. The Hall–Kier alpha value is -1.48. The van der Waals surface area contributed by atoms with Crippen LogP contribution in [0.3, 0.4) is 0 Å². The fourth-order valence-corrected chi connectivity index (χ4v) is 2.09. The first-order chi connectivity index (χ1) is 8.80. The lowest BCUT2D eigenvalue weighted by molar-refractivity contribution is 0.237. The van der Waals surface area contributed by atoms with Crippen molar-refractivity contribution in [3.8, 4) is 5.75 Å². The van der Waals surface area contributed by atoms with Crippen LogP contribution in [0.25, 0.3) is 11.0 Å². The van der Waals surface area contributed by atoms with Crippen LogP contribution in [0.5, 0.6) is 5.75 Å². The predicted octanol–water partition coefficient (Wildman–Crippen LogP) is 3.71. The highest BCUT2D eigenvalue weighted by Gasteiger charge is 2.15. The lowest BCUT2D eigenvalue weighted by Gasteiger charge is -2.13. The van der Waals surface area contributed by atoms with Crippen molar-refractivity contribution in [1.82, 2.24) is 0 Å². The second-order valence-corrected chi connectivity index (χ2v) is 4.55. The highest BCUT2D eigenvalue weighted by molar-refractivity contribution is 5.85. The fraction of sp³-hybridized carbons (Fsp3) is 0.467. The van der Waals surface area contributed by atoms with Gasteiger partial charge in [0.1, 0.15) is 5.58 Å². The Morgan fingerprint density at radius 3 is 2.61 bits per heavy atom. The molecule has 2 N–H and O–H groups in total. The van der Waals surface area contributed by atoms with Gasteiger partial charge in [-0.15, -0.1) is 0 Å². The van der Waals surface area contributed by atoms with Gasteiger partial charge in [-0.25, -0.2) is 0 Å². The summed E-state index contributed by atoms with van der Waals surface area (Å²) in [5.41, 5.74) is 6.56. The van der Waals surface area contributed by atoms with Crippen LogP contribution in [-0.2, 0) is 6.54 Å². The van der Waals surface area contributed by atoms with Gasteiger partial charge in [0, 0.05) is 0 Å². The lowest BCUT2D eigenvalue weighted by atomic mass is 10.1. The van der Waals surface area contributed by atoms with Gasteiger partial charge < -0.3 is 14.9 Å². The number of benzene rings is 1. The predicted molar refractivity (Wildman–Crippen MR) is 73.7 cm³/mol. The second kappa shape index (κ2) is 5.91. The molecular weight excluding hydrogens is 226 g/mol. The van der Waals surface area contributed by atoms with Crippen molar-refractivity contribution in [2.75, 3.05) is 6.61 Å². The van der Waals surface area contributed by atoms with E-state index >= 15 is 0 Å². The van der Waals surface area contributed by atoms with E-state index in [1.165, 1.54) is 0 Å². The number of fused-ring (bicyclic) bond motifs is 1. The van der Waals surface area contributed by atoms with Crippen LogP contribution in [0.4, 0.5) is 0 Å². The van der Waals surface area contributed by atoms with E-state index in [2.05, 4.69) is 13.8 Å². The molecule has 0 amide bonds. The van der Waals surface area contributed by atoms with Crippen LogP contribution in [-0.4, -0.2) is 6.61 Å². The summed E-state index contributed by atoms with van der Waals surface area (Å²) in [7, 11) is 0. The van der Waals surface area contributed by atoms with Gasteiger partial charge in [-0.3, -0.25) is 0 Å². The van der Waals surface area contributed by atoms with E-state index in [1.807, 2.05) is 24.3 Å². The number of nitrogens with two attached hydrogens (primary N) is 1. The zero-order valence-electron chi connectivity index (χ0n) is 11.1. The Bertz CT molecular complexity index is 500. The molecule has 3 nitrogen and oxygen atoms in total. The minimum atomic E-state index is 0.368. The molecule has 2 aromatic rings. The number of furan rings is 1. The molecule has 0 aliphatic carbocycles. The van der Waals surface area contributed by atoms with E-state index < -0.39 is 0 Å². The zero-order valence-corrected chi connectivity index (χ0v) is 11.1. The Kier molecular flexibility index (Phi) is 4.26. The molecule has 0 spiro atoms. The van der Waals surface area contributed by atoms with Gasteiger partial charge >= 0.3 is 0 Å². The highest BCUT2D eigenvalue weighted by atomic mass is 16.5. The van der Waals surface area contributed by atoms with Gasteiger partial charge in [-0.1, -0.05) is 38.8 Å². The van der Waals surface area contributed by atoms with E-state index in [-0.39, 0.29) is 0 Å². The SMILES string of the molecule is CCC(CC)COc1c(CN)oc2ccccc12. The molecule has 1 aromatic heterocycles. The third-order valence-corrected chi connectivity index (χ3v) is 3.42. The average molecular weight is 247 g/mol. The first-order valence-corrected chi connectivity index (χ1v) is 6.63. The summed E-state index contributed by atoms with van der Waals surface area (Å²) in [6, 6.07) is 7.90. The molecule has 18 heavy (non-hydrogen) atoms. The molecule has 3 heteroatoms. The third kappa shape index (κ3) is 2.51. The van der Waals surface area contributed by atoms with Crippen molar-refractivity contribution < 1.29 is 9.15 Å². The number of ether oxygens (including phenoxy) is 1. The molecule has 0 bridgehead atoms. The maximum absolute atomic E-state index is 5.95. The second-order valence-electron chi connectivity index (χ2n) is 4.55. The van der Waals surface area contributed by atoms with Crippen molar-refractivity contribution >= 4 is 11.0 Å². The molecule has 0 saturated carbocycles. The molecule has 0 unspecified atom stereocenters. The molecular formula is C15H21NO2. The summed E-state index contributed by atoms with van der Waals surface area (Å²) in [4.78, 5) is 0. The van der Waals surface area contributed by atoms with Crippen LogP contribution in [0.2, 0.25) is 0 Å². The molecule has 98 valence electrons. The Labute approximate surface area is 108 Å². The van der Waals surface area contributed by atoms with E-state index in [0.29, 0.717) is 12.5 Å². The van der Waals surface area contributed by atoms with Crippen LogP contribution >= 0.6 is 0 Å². The van der Waals surface area contributed by atoms with Crippen molar-refractivity contribution in [2.24, 2.45) is 11.7 Å². The van der Waals surface area contributed by atoms with Crippen LogP contribution in [0.1, 0.15) is 32.4 Å². The fourth-order valence-electron chi connectivity index (χ4n) is 2.09. The summed E-state index contributed by atoms with van der Waals surface area (Å²) in [5, 5.41) is 1.02. The summed E-state index contributed by atoms with van der Waals surface area (Å²) in [6.07, 6.45) is 2.26.